The van der Waals surface area contributed by atoms with Crippen molar-refractivity contribution in [3.63, 3.8) is 0 Å². The number of nitrogens with zero attached hydrogens (tertiary/aromatic N) is 2. The molecule has 1 aromatic carbocycles. The third kappa shape index (κ3) is 4.73. The molecule has 0 radical (unpaired) electrons. The Balaban J connectivity index is 1.57. The van der Waals surface area contributed by atoms with Gasteiger partial charge in [-0.3, -0.25) is 9.69 Å². The predicted molar refractivity (Wildman–Crippen MR) is 97.9 cm³/mol. The summed E-state index contributed by atoms with van der Waals surface area (Å²) in [5.74, 6) is 1.06. The Labute approximate surface area is 150 Å². The van der Waals surface area contributed by atoms with E-state index < -0.39 is 0 Å². The molecule has 1 aromatic rings. The minimum Gasteiger partial charge on any atom is -0.497 e. The van der Waals surface area contributed by atoms with Gasteiger partial charge in [-0.25, -0.2) is 0 Å². The van der Waals surface area contributed by atoms with Crippen LogP contribution in [0.1, 0.15) is 32.3 Å². The number of carbonyl (C=O) groups excluding carboxylic acids is 1. The van der Waals surface area contributed by atoms with Crippen LogP contribution in [0, 0.1) is 0 Å². The number of benzene rings is 1. The fourth-order valence-corrected chi connectivity index (χ4v) is 4.10. The van der Waals surface area contributed by atoms with Crippen LogP contribution in [0.2, 0.25) is 0 Å². The molecule has 2 fully saturated rings. The van der Waals surface area contributed by atoms with Crippen molar-refractivity contribution < 1.29 is 14.3 Å². The van der Waals surface area contributed by atoms with Gasteiger partial charge in [0.05, 0.1) is 25.7 Å². The maximum absolute atomic E-state index is 12.8. The van der Waals surface area contributed by atoms with Gasteiger partial charge in [0.25, 0.3) is 0 Å². The number of amides is 1. The van der Waals surface area contributed by atoms with Gasteiger partial charge in [0.2, 0.25) is 5.91 Å². The second-order valence-corrected chi connectivity index (χ2v) is 7.38. The van der Waals surface area contributed by atoms with E-state index in [1.807, 2.05) is 24.3 Å². The van der Waals surface area contributed by atoms with Gasteiger partial charge in [-0.2, -0.15) is 0 Å². The molecule has 0 aromatic heterocycles. The maximum atomic E-state index is 12.8. The second-order valence-electron chi connectivity index (χ2n) is 7.38. The Morgan fingerprint density at radius 1 is 1.20 bits per heavy atom. The van der Waals surface area contributed by atoms with Crippen LogP contribution in [0.15, 0.2) is 24.3 Å². The van der Waals surface area contributed by atoms with Crippen molar-refractivity contribution in [2.75, 3.05) is 33.3 Å². The first-order chi connectivity index (χ1) is 12.0. The summed E-state index contributed by atoms with van der Waals surface area (Å²) in [6, 6.07) is 8.13. The van der Waals surface area contributed by atoms with Crippen molar-refractivity contribution in [2.45, 2.75) is 51.4 Å². The normalized spacial score (nSPS) is 27.5. The lowest BCUT2D eigenvalue weighted by atomic mass is 10.1. The fourth-order valence-electron chi connectivity index (χ4n) is 4.10. The number of ether oxygens (including phenoxy) is 2. The number of carbonyl (C=O) groups is 1. The van der Waals surface area contributed by atoms with Crippen molar-refractivity contribution in [2.24, 2.45) is 0 Å². The number of hydrogen-bond acceptors (Lipinski definition) is 4. The predicted octanol–water partition coefficient (Wildman–Crippen LogP) is 2.34. The topological polar surface area (TPSA) is 42.0 Å². The molecule has 1 amide bonds. The van der Waals surface area contributed by atoms with Gasteiger partial charge in [0, 0.05) is 32.2 Å². The molecule has 5 heteroatoms. The zero-order valence-electron chi connectivity index (χ0n) is 15.6. The summed E-state index contributed by atoms with van der Waals surface area (Å²) < 4.78 is 11.0. The van der Waals surface area contributed by atoms with Crippen LogP contribution >= 0.6 is 0 Å². The van der Waals surface area contributed by atoms with Crippen LogP contribution in [-0.4, -0.2) is 67.2 Å². The van der Waals surface area contributed by atoms with Gasteiger partial charge in [0.15, 0.2) is 0 Å². The molecule has 0 saturated carbocycles. The minimum absolute atomic E-state index is 0.238. The first kappa shape index (κ1) is 18.2. The Kier molecular flexibility index (Phi) is 5.97. The number of hydrogen-bond donors (Lipinski definition) is 0. The zero-order valence-corrected chi connectivity index (χ0v) is 15.6. The number of rotatable bonds is 5. The van der Waals surface area contributed by atoms with E-state index in [1.165, 1.54) is 0 Å². The standard InChI is InChI=1S/C20H30N2O3/c1-15-12-21(13-16(2)25-15)14-18-5-4-10-22(18)20(23)11-17-6-8-19(24-3)9-7-17/h6-9,15-16,18H,4-5,10-14H2,1-3H3/t15-,16-,18-/m1/s1. The quantitative estimate of drug-likeness (QED) is 0.821. The van der Waals surface area contributed by atoms with Gasteiger partial charge in [0.1, 0.15) is 5.75 Å². The molecule has 0 N–H and O–H groups in total. The highest BCUT2D eigenvalue weighted by molar-refractivity contribution is 5.79. The lowest BCUT2D eigenvalue weighted by Gasteiger charge is -2.38. The van der Waals surface area contributed by atoms with E-state index in [2.05, 4.69) is 23.6 Å². The van der Waals surface area contributed by atoms with E-state index in [-0.39, 0.29) is 18.1 Å². The van der Waals surface area contributed by atoms with Crippen molar-refractivity contribution in [1.29, 1.82) is 0 Å². The highest BCUT2D eigenvalue weighted by atomic mass is 16.5. The smallest absolute Gasteiger partial charge is 0.227 e. The van der Waals surface area contributed by atoms with Crippen molar-refractivity contribution in [3.05, 3.63) is 29.8 Å². The summed E-state index contributed by atoms with van der Waals surface area (Å²) in [6.45, 7) is 8.03. The molecule has 3 atom stereocenters. The molecule has 0 unspecified atom stereocenters. The third-order valence-corrected chi connectivity index (χ3v) is 5.18. The summed E-state index contributed by atoms with van der Waals surface area (Å²) >= 11 is 0. The molecule has 0 aliphatic carbocycles. The molecule has 2 heterocycles. The van der Waals surface area contributed by atoms with E-state index in [0.29, 0.717) is 12.5 Å². The molecule has 138 valence electrons. The molecule has 0 spiro atoms. The van der Waals surface area contributed by atoms with Crippen LogP contribution in [-0.2, 0) is 16.0 Å². The van der Waals surface area contributed by atoms with Crippen molar-refractivity contribution in [1.82, 2.24) is 9.80 Å². The monoisotopic (exact) mass is 346 g/mol. The highest BCUT2D eigenvalue weighted by Crippen LogP contribution is 2.22. The lowest BCUT2D eigenvalue weighted by Crippen LogP contribution is -2.51. The van der Waals surface area contributed by atoms with E-state index >= 15 is 0 Å². The Morgan fingerprint density at radius 3 is 2.52 bits per heavy atom. The maximum Gasteiger partial charge on any atom is 0.227 e. The first-order valence-electron chi connectivity index (χ1n) is 9.35. The molecular weight excluding hydrogens is 316 g/mol. The molecule has 5 nitrogen and oxygen atoms in total. The van der Waals surface area contributed by atoms with Crippen LogP contribution < -0.4 is 4.74 Å². The summed E-state index contributed by atoms with van der Waals surface area (Å²) in [5.41, 5.74) is 1.05. The van der Waals surface area contributed by atoms with Crippen LogP contribution in [0.4, 0.5) is 0 Å². The molecule has 2 aliphatic rings. The van der Waals surface area contributed by atoms with E-state index in [9.17, 15) is 4.79 Å². The molecule has 0 bridgehead atoms. The van der Waals surface area contributed by atoms with Gasteiger partial charge in [-0.15, -0.1) is 0 Å². The molecule has 2 aliphatic heterocycles. The van der Waals surface area contributed by atoms with Crippen molar-refractivity contribution in [3.8, 4) is 5.75 Å². The third-order valence-electron chi connectivity index (χ3n) is 5.18. The molecule has 3 rings (SSSR count). The van der Waals surface area contributed by atoms with Gasteiger partial charge in [-0.1, -0.05) is 12.1 Å². The van der Waals surface area contributed by atoms with Crippen LogP contribution in [0.25, 0.3) is 0 Å². The lowest BCUT2D eigenvalue weighted by molar-refractivity contribution is -0.132. The Morgan fingerprint density at radius 2 is 1.88 bits per heavy atom. The van der Waals surface area contributed by atoms with Gasteiger partial charge in [-0.05, 0) is 44.4 Å². The van der Waals surface area contributed by atoms with E-state index in [0.717, 1.165) is 50.3 Å². The average Bonchev–Trinajstić information content (AvgIpc) is 3.03. The molecular formula is C20H30N2O3. The second kappa shape index (κ2) is 8.19. The van der Waals surface area contributed by atoms with Gasteiger partial charge >= 0.3 is 0 Å². The average molecular weight is 346 g/mol. The summed E-state index contributed by atoms with van der Waals surface area (Å²) in [4.78, 5) is 17.4. The Hall–Kier alpha value is -1.59. The van der Waals surface area contributed by atoms with E-state index in [1.54, 1.807) is 7.11 Å². The van der Waals surface area contributed by atoms with Crippen LogP contribution in [0.3, 0.4) is 0 Å². The SMILES string of the molecule is COc1ccc(CC(=O)N2CCC[C@@H]2CN2C[C@@H](C)O[C@H](C)C2)cc1. The summed E-state index contributed by atoms with van der Waals surface area (Å²) in [5, 5.41) is 0. The minimum atomic E-state index is 0.238. The fraction of sp³-hybridized carbons (Fsp3) is 0.650. The molecule has 25 heavy (non-hydrogen) atoms. The van der Waals surface area contributed by atoms with Gasteiger partial charge < -0.3 is 14.4 Å². The van der Waals surface area contributed by atoms with E-state index in [4.69, 9.17) is 9.47 Å². The molecule has 2 saturated heterocycles. The number of methoxy groups -OCH3 is 1. The van der Waals surface area contributed by atoms with Crippen molar-refractivity contribution >= 4 is 5.91 Å². The summed E-state index contributed by atoms with van der Waals surface area (Å²) in [7, 11) is 1.66. The number of morpholine rings is 1. The Bertz CT molecular complexity index is 565. The first-order valence-corrected chi connectivity index (χ1v) is 9.35. The number of likely N-dealkylation sites (tertiary alicyclic amines) is 1. The van der Waals surface area contributed by atoms with Crippen LogP contribution in [0.5, 0.6) is 5.75 Å². The zero-order chi connectivity index (χ0) is 17.8. The largest absolute Gasteiger partial charge is 0.497 e. The summed E-state index contributed by atoms with van der Waals surface area (Å²) in [6.07, 6.45) is 3.22. The highest BCUT2D eigenvalue weighted by Gasteiger charge is 2.32.